The molecule has 1 amide bonds. The predicted octanol–water partition coefficient (Wildman–Crippen LogP) is 4.24. The van der Waals surface area contributed by atoms with Gasteiger partial charge in [0.15, 0.2) is 5.76 Å². The fourth-order valence-corrected chi connectivity index (χ4v) is 3.33. The van der Waals surface area contributed by atoms with Crippen LogP contribution in [0.4, 0.5) is 0 Å². The summed E-state index contributed by atoms with van der Waals surface area (Å²) in [7, 11) is 0. The van der Waals surface area contributed by atoms with Gasteiger partial charge in [-0.25, -0.2) is 4.98 Å². The number of nitrogens with one attached hydrogen (secondary N) is 1. The van der Waals surface area contributed by atoms with Gasteiger partial charge in [0, 0.05) is 33.8 Å². The maximum absolute atomic E-state index is 12.3. The molecule has 3 rings (SSSR count). The summed E-state index contributed by atoms with van der Waals surface area (Å²) in [4.78, 5) is 16.7. The number of fused-ring (bicyclic) bond motifs is 1. The molecule has 4 nitrogen and oxygen atoms in total. The normalized spacial score (nSPS) is 11.0. The number of carbonyl (C=O) groups is 1. The number of hydrogen-bond acceptors (Lipinski definition) is 4. The summed E-state index contributed by atoms with van der Waals surface area (Å²) in [6, 6.07) is 5.72. The highest BCUT2D eigenvalue weighted by Gasteiger charge is 2.17. The van der Waals surface area contributed by atoms with Gasteiger partial charge in [-0.3, -0.25) is 4.79 Å². The number of aryl methyl sites for hydroxylation is 2. The van der Waals surface area contributed by atoms with Gasteiger partial charge < -0.3 is 9.73 Å². The van der Waals surface area contributed by atoms with Gasteiger partial charge in [-0.05, 0) is 32.0 Å². The van der Waals surface area contributed by atoms with Crippen molar-refractivity contribution in [1.29, 1.82) is 0 Å². The van der Waals surface area contributed by atoms with Crippen LogP contribution >= 0.6 is 27.3 Å². The van der Waals surface area contributed by atoms with E-state index in [2.05, 4.69) is 26.2 Å². The molecule has 0 aliphatic rings. The van der Waals surface area contributed by atoms with Crippen molar-refractivity contribution in [2.75, 3.05) is 6.54 Å². The Morgan fingerprint density at radius 1 is 1.41 bits per heavy atom. The third kappa shape index (κ3) is 3.08. The third-order valence-electron chi connectivity index (χ3n) is 3.44. The Balaban J connectivity index is 1.71. The van der Waals surface area contributed by atoms with E-state index in [1.54, 1.807) is 11.3 Å². The lowest BCUT2D eigenvalue weighted by atomic mass is 10.1. The average molecular weight is 379 g/mol. The molecule has 1 N–H and O–H groups in total. The summed E-state index contributed by atoms with van der Waals surface area (Å²) < 4.78 is 6.64. The fraction of sp³-hybridized carbons (Fsp3) is 0.250. The van der Waals surface area contributed by atoms with Gasteiger partial charge in [-0.15, -0.1) is 11.3 Å². The maximum Gasteiger partial charge on any atom is 0.287 e. The molecule has 114 valence electrons. The minimum absolute atomic E-state index is 0.184. The molecule has 0 radical (unpaired) electrons. The van der Waals surface area contributed by atoms with Crippen LogP contribution in [-0.2, 0) is 6.42 Å². The van der Waals surface area contributed by atoms with Crippen molar-refractivity contribution < 1.29 is 9.21 Å². The number of aromatic nitrogens is 1. The van der Waals surface area contributed by atoms with Crippen molar-refractivity contribution in [2.45, 2.75) is 20.3 Å². The van der Waals surface area contributed by atoms with E-state index in [0.29, 0.717) is 12.3 Å². The summed E-state index contributed by atoms with van der Waals surface area (Å²) in [5.41, 5.74) is 2.59. The van der Waals surface area contributed by atoms with Crippen molar-refractivity contribution in [3.8, 4) is 0 Å². The molecule has 0 unspecified atom stereocenters. The molecule has 0 saturated carbocycles. The summed E-state index contributed by atoms with van der Waals surface area (Å²) in [6.45, 7) is 4.42. The predicted molar refractivity (Wildman–Crippen MR) is 91.5 cm³/mol. The van der Waals surface area contributed by atoms with Crippen LogP contribution in [0, 0.1) is 13.8 Å². The van der Waals surface area contributed by atoms with Crippen molar-refractivity contribution >= 4 is 44.1 Å². The summed E-state index contributed by atoms with van der Waals surface area (Å²) in [5.74, 6) is 0.194. The van der Waals surface area contributed by atoms with E-state index < -0.39 is 0 Å². The first-order valence-electron chi connectivity index (χ1n) is 6.92. The third-order valence-corrected chi connectivity index (χ3v) is 4.75. The number of carbonyl (C=O) groups excluding carboxylic acids is 1. The average Bonchev–Trinajstić information content (AvgIpc) is 3.03. The molecular weight excluding hydrogens is 364 g/mol. The van der Waals surface area contributed by atoms with Crippen molar-refractivity contribution in [3.05, 3.63) is 50.1 Å². The summed E-state index contributed by atoms with van der Waals surface area (Å²) >= 11 is 5.05. The van der Waals surface area contributed by atoms with Crippen molar-refractivity contribution in [3.63, 3.8) is 0 Å². The van der Waals surface area contributed by atoms with E-state index in [4.69, 9.17) is 4.42 Å². The molecule has 22 heavy (non-hydrogen) atoms. The minimum atomic E-state index is -0.184. The highest BCUT2D eigenvalue weighted by Crippen LogP contribution is 2.27. The quantitative estimate of drug-likeness (QED) is 0.738. The first-order chi connectivity index (χ1) is 10.5. The van der Waals surface area contributed by atoms with Crippen molar-refractivity contribution in [2.24, 2.45) is 0 Å². The molecule has 6 heteroatoms. The SMILES string of the molecule is Cc1nc(CCNC(=O)c2oc3ccc(Br)cc3c2C)cs1. The van der Waals surface area contributed by atoms with Gasteiger partial charge in [0.05, 0.1) is 10.7 Å². The van der Waals surface area contributed by atoms with Crippen LogP contribution in [0.3, 0.4) is 0 Å². The highest BCUT2D eigenvalue weighted by molar-refractivity contribution is 9.10. The second-order valence-corrected chi connectivity index (χ2v) is 7.04. The van der Waals surface area contributed by atoms with E-state index in [1.165, 1.54) is 0 Å². The number of hydrogen-bond donors (Lipinski definition) is 1. The van der Waals surface area contributed by atoms with Crippen LogP contribution in [0.15, 0.2) is 32.5 Å². The number of thiazole rings is 1. The van der Waals surface area contributed by atoms with E-state index in [9.17, 15) is 4.79 Å². The molecule has 0 atom stereocenters. The molecule has 2 heterocycles. The Morgan fingerprint density at radius 3 is 2.95 bits per heavy atom. The van der Waals surface area contributed by atoms with E-state index >= 15 is 0 Å². The zero-order chi connectivity index (χ0) is 15.7. The maximum atomic E-state index is 12.3. The van der Waals surface area contributed by atoms with E-state index in [-0.39, 0.29) is 5.91 Å². The lowest BCUT2D eigenvalue weighted by molar-refractivity contribution is 0.0927. The van der Waals surface area contributed by atoms with Gasteiger partial charge in [0.2, 0.25) is 0 Å². The van der Waals surface area contributed by atoms with Crippen LogP contribution in [0.25, 0.3) is 11.0 Å². The Kier molecular flexibility index (Phi) is 4.31. The van der Waals surface area contributed by atoms with Gasteiger partial charge in [0.25, 0.3) is 5.91 Å². The second kappa shape index (κ2) is 6.22. The highest BCUT2D eigenvalue weighted by atomic mass is 79.9. The standard InChI is InChI=1S/C16H15BrN2O2S/c1-9-13-7-11(17)3-4-14(13)21-15(9)16(20)18-6-5-12-8-22-10(2)19-12/h3-4,7-8H,5-6H2,1-2H3,(H,18,20). The van der Waals surface area contributed by atoms with Gasteiger partial charge in [-0.1, -0.05) is 15.9 Å². The number of benzene rings is 1. The molecule has 1 aromatic carbocycles. The Labute approximate surface area is 140 Å². The minimum Gasteiger partial charge on any atom is -0.451 e. The number of amides is 1. The largest absolute Gasteiger partial charge is 0.451 e. The number of halogens is 1. The lowest BCUT2D eigenvalue weighted by Gasteiger charge is -2.02. The first-order valence-corrected chi connectivity index (χ1v) is 8.59. The van der Waals surface area contributed by atoms with Crippen LogP contribution in [0.5, 0.6) is 0 Å². The molecule has 0 spiro atoms. The number of furan rings is 1. The topological polar surface area (TPSA) is 55.1 Å². The van der Waals surface area contributed by atoms with Crippen LogP contribution < -0.4 is 5.32 Å². The van der Waals surface area contributed by atoms with E-state index in [1.807, 2.05) is 37.4 Å². The van der Waals surface area contributed by atoms with Crippen LogP contribution in [0.1, 0.15) is 26.8 Å². The van der Waals surface area contributed by atoms with Crippen molar-refractivity contribution in [1.82, 2.24) is 10.3 Å². The number of nitrogens with zero attached hydrogens (tertiary/aromatic N) is 1. The summed E-state index contributed by atoms with van der Waals surface area (Å²) in [6.07, 6.45) is 0.723. The molecule has 0 saturated heterocycles. The van der Waals surface area contributed by atoms with Crippen LogP contribution in [-0.4, -0.2) is 17.4 Å². The lowest BCUT2D eigenvalue weighted by Crippen LogP contribution is -2.25. The fourth-order valence-electron chi connectivity index (χ4n) is 2.32. The molecule has 0 aliphatic heterocycles. The Bertz CT molecular complexity index is 838. The van der Waals surface area contributed by atoms with E-state index in [0.717, 1.165) is 38.1 Å². The van der Waals surface area contributed by atoms with Gasteiger partial charge in [0.1, 0.15) is 5.58 Å². The monoisotopic (exact) mass is 378 g/mol. The molecule has 0 aliphatic carbocycles. The zero-order valence-electron chi connectivity index (χ0n) is 12.3. The second-order valence-electron chi connectivity index (χ2n) is 5.06. The zero-order valence-corrected chi connectivity index (χ0v) is 14.7. The molecule has 0 bridgehead atoms. The Hall–Kier alpha value is -1.66. The summed E-state index contributed by atoms with van der Waals surface area (Å²) in [5, 5.41) is 6.91. The number of rotatable bonds is 4. The Morgan fingerprint density at radius 2 is 2.23 bits per heavy atom. The molecule has 2 aromatic heterocycles. The first kappa shape index (κ1) is 15.2. The van der Waals surface area contributed by atoms with Gasteiger partial charge >= 0.3 is 0 Å². The molecule has 0 fully saturated rings. The van der Waals surface area contributed by atoms with Crippen LogP contribution in [0.2, 0.25) is 0 Å². The smallest absolute Gasteiger partial charge is 0.287 e. The molecule has 3 aromatic rings. The van der Waals surface area contributed by atoms with Gasteiger partial charge in [-0.2, -0.15) is 0 Å². The molecular formula is C16H15BrN2O2S.